The van der Waals surface area contributed by atoms with Gasteiger partial charge in [-0.25, -0.2) is 4.79 Å². The molecule has 1 spiro atoms. The summed E-state index contributed by atoms with van der Waals surface area (Å²) in [5.41, 5.74) is 0.509. The van der Waals surface area contributed by atoms with Crippen molar-refractivity contribution < 1.29 is 40.7 Å². The molecule has 2 amide bonds. The van der Waals surface area contributed by atoms with Crippen molar-refractivity contribution in [1.82, 2.24) is 14.7 Å². The minimum atomic E-state index is -4.64. The molecule has 4 rings (SSSR count). The van der Waals surface area contributed by atoms with E-state index >= 15 is 0 Å². The predicted molar refractivity (Wildman–Crippen MR) is 131 cm³/mol. The van der Waals surface area contributed by atoms with Gasteiger partial charge in [-0.2, -0.15) is 26.3 Å². The summed E-state index contributed by atoms with van der Waals surface area (Å²) in [6.45, 7) is 6.21. The maximum absolute atomic E-state index is 13.6. The van der Waals surface area contributed by atoms with Crippen LogP contribution < -0.4 is 4.90 Å². The van der Waals surface area contributed by atoms with Crippen molar-refractivity contribution in [3.63, 3.8) is 0 Å². The Hall–Kier alpha value is -2.70. The number of amides is 2. The van der Waals surface area contributed by atoms with E-state index in [-0.39, 0.29) is 24.4 Å². The van der Waals surface area contributed by atoms with Crippen LogP contribution in [0.4, 0.5) is 36.8 Å². The van der Waals surface area contributed by atoms with Crippen LogP contribution in [0.15, 0.2) is 18.2 Å². The van der Waals surface area contributed by atoms with Crippen molar-refractivity contribution in [2.75, 3.05) is 57.3 Å². The van der Waals surface area contributed by atoms with E-state index in [2.05, 4.69) is 4.74 Å². The Morgan fingerprint density at radius 3 is 2.08 bits per heavy atom. The van der Waals surface area contributed by atoms with Crippen LogP contribution in [0.1, 0.15) is 44.2 Å². The molecule has 3 fully saturated rings. The van der Waals surface area contributed by atoms with E-state index in [0.717, 1.165) is 37.8 Å². The number of alkyl halides is 6. The van der Waals surface area contributed by atoms with E-state index in [4.69, 9.17) is 0 Å². The van der Waals surface area contributed by atoms with Crippen LogP contribution in [0, 0.1) is 5.41 Å². The number of piperidine rings is 1. The van der Waals surface area contributed by atoms with Gasteiger partial charge in [0.15, 0.2) is 6.10 Å². The summed E-state index contributed by atoms with van der Waals surface area (Å²) in [5.74, 6) is 0.0395. The summed E-state index contributed by atoms with van der Waals surface area (Å²) in [7, 11) is 0. The molecule has 1 aromatic rings. The minimum absolute atomic E-state index is 0.00147. The van der Waals surface area contributed by atoms with E-state index in [1.165, 1.54) is 17.0 Å². The first-order chi connectivity index (χ1) is 18.2. The van der Waals surface area contributed by atoms with Gasteiger partial charge in [0.25, 0.3) is 0 Å². The molecule has 0 aromatic heterocycles. The zero-order valence-electron chi connectivity index (χ0n) is 22.1. The number of ether oxygens (including phenoxy) is 1. The van der Waals surface area contributed by atoms with Gasteiger partial charge < -0.3 is 19.4 Å². The highest BCUT2D eigenvalue weighted by atomic mass is 19.4. The van der Waals surface area contributed by atoms with Gasteiger partial charge in [0.1, 0.15) is 0 Å². The average molecular weight is 565 g/mol. The topological polar surface area (TPSA) is 56.3 Å². The van der Waals surface area contributed by atoms with Crippen LogP contribution in [0.2, 0.25) is 0 Å². The molecule has 1 atom stereocenters. The standard InChI is InChI=1S/C26H34F6N4O3/c1-18(25(27,28)29)39-23(38)35-13-11-33(12-14-35)16-20-3-4-21(26(30,31)32)15-22(20)34-8-5-24(6-9-34)7-10-36(17-24)19(2)37/h3-4,15,18H,5-14,16-17H2,1-2H3. The van der Waals surface area contributed by atoms with Crippen LogP contribution in [0.3, 0.4) is 0 Å². The predicted octanol–water partition coefficient (Wildman–Crippen LogP) is 4.75. The number of anilines is 1. The van der Waals surface area contributed by atoms with Crippen LogP contribution in [-0.2, 0) is 22.3 Å². The van der Waals surface area contributed by atoms with Gasteiger partial charge in [0.05, 0.1) is 5.56 Å². The van der Waals surface area contributed by atoms with E-state index in [9.17, 15) is 35.9 Å². The SMILES string of the molecule is CC(=O)N1CCC2(CCN(c3cc(C(F)(F)F)ccc3CN3CCN(C(=O)OC(C)C(F)(F)F)CC3)CC2)C1. The highest BCUT2D eigenvalue weighted by molar-refractivity contribution is 5.73. The van der Waals surface area contributed by atoms with Gasteiger partial charge in [-0.15, -0.1) is 0 Å². The quantitative estimate of drug-likeness (QED) is 0.495. The number of hydrogen-bond acceptors (Lipinski definition) is 5. The maximum atomic E-state index is 13.6. The van der Waals surface area contributed by atoms with E-state index in [1.54, 1.807) is 6.92 Å². The lowest BCUT2D eigenvalue weighted by molar-refractivity contribution is -0.200. The van der Waals surface area contributed by atoms with E-state index in [1.807, 2.05) is 14.7 Å². The molecule has 0 radical (unpaired) electrons. The first kappa shape index (κ1) is 29.3. The third kappa shape index (κ3) is 6.90. The molecule has 13 heteroatoms. The molecule has 218 valence electrons. The van der Waals surface area contributed by atoms with Crippen molar-refractivity contribution in [3.8, 4) is 0 Å². The Morgan fingerprint density at radius 1 is 0.923 bits per heavy atom. The highest BCUT2D eigenvalue weighted by Crippen LogP contribution is 2.43. The second-order valence-corrected chi connectivity index (χ2v) is 10.8. The number of benzene rings is 1. The van der Waals surface area contributed by atoms with Gasteiger partial charge in [-0.05, 0) is 49.3 Å². The van der Waals surface area contributed by atoms with Crippen LogP contribution >= 0.6 is 0 Å². The highest BCUT2D eigenvalue weighted by Gasteiger charge is 2.42. The van der Waals surface area contributed by atoms with E-state index in [0.29, 0.717) is 51.5 Å². The van der Waals surface area contributed by atoms with Crippen molar-refractivity contribution in [2.24, 2.45) is 5.41 Å². The number of carbonyl (C=O) groups excluding carboxylic acids is 2. The fourth-order valence-electron chi connectivity index (χ4n) is 5.62. The molecule has 0 aliphatic carbocycles. The first-order valence-electron chi connectivity index (χ1n) is 13.1. The Kier molecular flexibility index (Phi) is 8.30. The lowest BCUT2D eigenvalue weighted by Gasteiger charge is -2.41. The molecular formula is C26H34F6N4O3. The summed E-state index contributed by atoms with van der Waals surface area (Å²) < 4.78 is 83.4. The lowest BCUT2D eigenvalue weighted by atomic mass is 9.77. The van der Waals surface area contributed by atoms with Gasteiger partial charge in [-0.3, -0.25) is 9.69 Å². The number of carbonyl (C=O) groups is 2. The average Bonchev–Trinajstić information content (AvgIpc) is 3.28. The van der Waals surface area contributed by atoms with Crippen LogP contribution in [-0.4, -0.2) is 91.3 Å². The first-order valence-corrected chi connectivity index (χ1v) is 13.1. The third-order valence-corrected chi connectivity index (χ3v) is 8.22. The second kappa shape index (κ2) is 11.1. The molecule has 39 heavy (non-hydrogen) atoms. The number of likely N-dealkylation sites (tertiary alicyclic amines) is 1. The van der Waals surface area contributed by atoms with Crippen molar-refractivity contribution in [1.29, 1.82) is 0 Å². The smallest absolute Gasteiger partial charge is 0.425 e. The summed E-state index contributed by atoms with van der Waals surface area (Å²) in [5, 5.41) is 0. The van der Waals surface area contributed by atoms with Gasteiger partial charge in [0, 0.05) is 71.5 Å². The molecule has 0 bridgehead atoms. The van der Waals surface area contributed by atoms with Crippen molar-refractivity contribution >= 4 is 17.7 Å². The summed E-state index contributed by atoms with van der Waals surface area (Å²) in [4.78, 5) is 30.9. The largest absolute Gasteiger partial charge is 0.437 e. The normalized spacial score (nSPS) is 21.4. The van der Waals surface area contributed by atoms with Crippen LogP contribution in [0.5, 0.6) is 0 Å². The summed E-state index contributed by atoms with van der Waals surface area (Å²) in [6.07, 6.45) is -9.92. The Labute approximate surface area is 223 Å². The second-order valence-electron chi connectivity index (χ2n) is 10.8. The fraction of sp³-hybridized carbons (Fsp3) is 0.692. The molecule has 3 aliphatic rings. The number of nitrogens with zero attached hydrogens (tertiary/aromatic N) is 4. The summed E-state index contributed by atoms with van der Waals surface area (Å²) in [6, 6.07) is 3.75. The fourth-order valence-corrected chi connectivity index (χ4v) is 5.62. The molecular weight excluding hydrogens is 530 g/mol. The number of hydrogen-bond donors (Lipinski definition) is 0. The molecule has 1 unspecified atom stereocenters. The molecule has 3 aliphatic heterocycles. The van der Waals surface area contributed by atoms with Gasteiger partial charge >= 0.3 is 18.4 Å². The maximum Gasteiger partial charge on any atom is 0.425 e. The molecule has 7 nitrogen and oxygen atoms in total. The summed E-state index contributed by atoms with van der Waals surface area (Å²) >= 11 is 0. The Balaban J connectivity index is 1.41. The monoisotopic (exact) mass is 564 g/mol. The minimum Gasteiger partial charge on any atom is -0.437 e. The molecule has 1 aromatic carbocycles. The number of piperazine rings is 1. The van der Waals surface area contributed by atoms with Crippen LogP contribution in [0.25, 0.3) is 0 Å². The lowest BCUT2D eigenvalue weighted by Crippen LogP contribution is -2.49. The van der Waals surface area contributed by atoms with Gasteiger partial charge in [0.2, 0.25) is 5.91 Å². The van der Waals surface area contributed by atoms with E-state index < -0.39 is 30.1 Å². The zero-order valence-corrected chi connectivity index (χ0v) is 22.1. The molecule has 3 heterocycles. The van der Waals surface area contributed by atoms with Crippen molar-refractivity contribution in [3.05, 3.63) is 29.3 Å². The number of halogens is 6. The zero-order chi connectivity index (χ0) is 28.6. The van der Waals surface area contributed by atoms with Gasteiger partial charge in [-0.1, -0.05) is 6.07 Å². The molecule has 0 N–H and O–H groups in total. The van der Waals surface area contributed by atoms with Crippen molar-refractivity contribution in [2.45, 2.75) is 58.1 Å². The number of rotatable bonds is 4. The molecule has 0 saturated carbocycles. The Morgan fingerprint density at radius 2 is 1.54 bits per heavy atom. The Bertz CT molecular complexity index is 1050. The third-order valence-electron chi connectivity index (χ3n) is 8.22. The molecule has 3 saturated heterocycles.